The van der Waals surface area contributed by atoms with Crippen molar-refractivity contribution in [1.82, 2.24) is 4.90 Å². The van der Waals surface area contributed by atoms with Crippen LogP contribution in [0.2, 0.25) is 0 Å². The van der Waals surface area contributed by atoms with Gasteiger partial charge >= 0.3 is 0 Å². The molecule has 4 nitrogen and oxygen atoms in total. The molecule has 5 heteroatoms. The van der Waals surface area contributed by atoms with E-state index in [1.165, 1.54) is 19.3 Å². The van der Waals surface area contributed by atoms with Crippen LogP contribution < -0.4 is 11.1 Å². The number of nitrogens with one attached hydrogen (secondary N) is 1. The van der Waals surface area contributed by atoms with Crippen LogP contribution in [0.4, 0.5) is 5.69 Å². The summed E-state index contributed by atoms with van der Waals surface area (Å²) in [6.07, 6.45) is 4.84. The third-order valence-corrected chi connectivity index (χ3v) is 4.91. The molecular formula is C16H24IN3O. The molecule has 0 aliphatic heterocycles. The van der Waals surface area contributed by atoms with Gasteiger partial charge in [0.15, 0.2) is 0 Å². The number of hydrogen-bond acceptors (Lipinski definition) is 3. The Morgan fingerprint density at radius 1 is 1.43 bits per heavy atom. The molecule has 0 spiro atoms. The van der Waals surface area contributed by atoms with Gasteiger partial charge in [0.05, 0.1) is 6.54 Å². The molecule has 1 saturated carbocycles. The van der Waals surface area contributed by atoms with Gasteiger partial charge in [0, 0.05) is 15.3 Å². The van der Waals surface area contributed by atoms with E-state index in [2.05, 4.69) is 32.8 Å². The van der Waals surface area contributed by atoms with Gasteiger partial charge in [-0.2, -0.15) is 0 Å². The van der Waals surface area contributed by atoms with Crippen LogP contribution in [0.3, 0.4) is 0 Å². The average molecular weight is 401 g/mol. The molecule has 3 N–H and O–H groups in total. The SMILES string of the molecule is CN(CC(=O)Nc1cccc(I)c1)C1CCCCC1CN. The number of hydrogen-bond donors (Lipinski definition) is 2. The van der Waals surface area contributed by atoms with Gasteiger partial charge in [-0.1, -0.05) is 18.9 Å². The average Bonchev–Trinajstić information content (AvgIpc) is 2.47. The highest BCUT2D eigenvalue weighted by Gasteiger charge is 2.28. The van der Waals surface area contributed by atoms with Crippen LogP contribution in [0.5, 0.6) is 0 Å². The van der Waals surface area contributed by atoms with E-state index in [1.54, 1.807) is 0 Å². The first-order valence-corrected chi connectivity index (χ1v) is 8.63. The second kappa shape index (κ2) is 8.10. The predicted molar refractivity (Wildman–Crippen MR) is 95.2 cm³/mol. The Bertz CT molecular complexity index is 480. The number of nitrogens with zero attached hydrogens (tertiary/aromatic N) is 1. The van der Waals surface area contributed by atoms with Crippen LogP contribution in [-0.2, 0) is 4.79 Å². The Hall–Kier alpha value is -0.660. The molecule has 116 valence electrons. The molecule has 2 atom stereocenters. The molecule has 1 aromatic rings. The summed E-state index contributed by atoms with van der Waals surface area (Å²) in [4.78, 5) is 14.4. The third kappa shape index (κ3) is 4.93. The van der Waals surface area contributed by atoms with E-state index >= 15 is 0 Å². The fourth-order valence-electron chi connectivity index (χ4n) is 3.15. The molecule has 0 saturated heterocycles. The maximum Gasteiger partial charge on any atom is 0.238 e. The van der Waals surface area contributed by atoms with Gasteiger partial charge in [0.1, 0.15) is 0 Å². The summed E-state index contributed by atoms with van der Waals surface area (Å²) in [5, 5.41) is 2.97. The van der Waals surface area contributed by atoms with Crippen LogP contribution in [0.1, 0.15) is 25.7 Å². The fraction of sp³-hybridized carbons (Fsp3) is 0.562. The van der Waals surface area contributed by atoms with Crippen molar-refractivity contribution in [1.29, 1.82) is 0 Å². The number of carbonyl (C=O) groups is 1. The highest BCUT2D eigenvalue weighted by Crippen LogP contribution is 2.27. The topological polar surface area (TPSA) is 58.4 Å². The fourth-order valence-corrected chi connectivity index (χ4v) is 3.70. The van der Waals surface area contributed by atoms with Gasteiger partial charge in [-0.3, -0.25) is 9.69 Å². The highest BCUT2D eigenvalue weighted by molar-refractivity contribution is 14.1. The van der Waals surface area contributed by atoms with Crippen molar-refractivity contribution in [2.75, 3.05) is 25.5 Å². The molecule has 0 aromatic heterocycles. The number of rotatable bonds is 5. The molecule has 0 bridgehead atoms. The highest BCUT2D eigenvalue weighted by atomic mass is 127. The van der Waals surface area contributed by atoms with Gasteiger partial charge in [-0.25, -0.2) is 0 Å². The smallest absolute Gasteiger partial charge is 0.238 e. The normalized spacial score (nSPS) is 22.3. The number of halogens is 1. The van der Waals surface area contributed by atoms with Crippen molar-refractivity contribution in [2.24, 2.45) is 11.7 Å². The number of benzene rings is 1. The van der Waals surface area contributed by atoms with E-state index in [-0.39, 0.29) is 5.91 Å². The van der Waals surface area contributed by atoms with Crippen molar-refractivity contribution in [2.45, 2.75) is 31.7 Å². The van der Waals surface area contributed by atoms with Crippen molar-refractivity contribution < 1.29 is 4.79 Å². The molecule has 1 aliphatic rings. The molecule has 21 heavy (non-hydrogen) atoms. The Labute approximate surface area is 140 Å². The second-order valence-electron chi connectivity index (χ2n) is 5.82. The summed E-state index contributed by atoms with van der Waals surface area (Å²) in [6, 6.07) is 8.29. The molecule has 0 heterocycles. The van der Waals surface area contributed by atoms with Crippen molar-refractivity contribution in [3.8, 4) is 0 Å². The summed E-state index contributed by atoms with van der Waals surface area (Å²) in [6.45, 7) is 1.14. The lowest BCUT2D eigenvalue weighted by molar-refractivity contribution is -0.117. The Balaban J connectivity index is 1.89. The standard InChI is InChI=1S/C16H24IN3O/c1-20(15-8-3-2-5-12(15)10-18)11-16(21)19-14-7-4-6-13(17)9-14/h4,6-7,9,12,15H,2-3,5,8,10-11,18H2,1H3,(H,19,21). The van der Waals surface area contributed by atoms with Gasteiger partial charge in [0.25, 0.3) is 0 Å². The number of likely N-dealkylation sites (N-methyl/N-ethyl adjacent to an activating group) is 1. The monoisotopic (exact) mass is 401 g/mol. The molecular weight excluding hydrogens is 377 g/mol. The van der Waals surface area contributed by atoms with Gasteiger partial charge in [-0.15, -0.1) is 0 Å². The minimum Gasteiger partial charge on any atom is -0.330 e. The van der Waals surface area contributed by atoms with Crippen LogP contribution in [0.25, 0.3) is 0 Å². The van der Waals surface area contributed by atoms with Crippen LogP contribution in [0, 0.1) is 9.49 Å². The first-order valence-electron chi connectivity index (χ1n) is 7.56. The van der Waals surface area contributed by atoms with Gasteiger partial charge in [-0.05, 0) is 73.1 Å². The van der Waals surface area contributed by atoms with Crippen molar-refractivity contribution in [3.63, 3.8) is 0 Å². The zero-order chi connectivity index (χ0) is 15.2. The quantitative estimate of drug-likeness (QED) is 0.746. The lowest BCUT2D eigenvalue weighted by Gasteiger charge is -2.37. The maximum absolute atomic E-state index is 12.2. The zero-order valence-corrected chi connectivity index (χ0v) is 14.7. The molecule has 2 rings (SSSR count). The summed E-state index contributed by atoms with van der Waals surface area (Å²) in [5.74, 6) is 0.565. The minimum absolute atomic E-state index is 0.0424. The van der Waals surface area contributed by atoms with E-state index in [1.807, 2.05) is 31.3 Å². The third-order valence-electron chi connectivity index (χ3n) is 4.24. The molecule has 0 radical (unpaired) electrons. The Kier molecular flexibility index (Phi) is 6.44. The van der Waals surface area contributed by atoms with E-state index in [4.69, 9.17) is 5.73 Å². The molecule has 1 fully saturated rings. The van der Waals surface area contributed by atoms with E-state index < -0.39 is 0 Å². The van der Waals surface area contributed by atoms with E-state index in [0.29, 0.717) is 25.0 Å². The van der Waals surface area contributed by atoms with Gasteiger partial charge < -0.3 is 11.1 Å². The number of amides is 1. The minimum atomic E-state index is 0.0424. The predicted octanol–water partition coefficient (Wildman–Crippen LogP) is 2.68. The number of carbonyl (C=O) groups excluding carboxylic acids is 1. The summed E-state index contributed by atoms with van der Waals surface area (Å²) < 4.78 is 1.12. The van der Waals surface area contributed by atoms with Crippen molar-refractivity contribution >= 4 is 34.2 Å². The first kappa shape index (κ1) is 16.7. The van der Waals surface area contributed by atoms with E-state index in [0.717, 1.165) is 15.7 Å². The largest absolute Gasteiger partial charge is 0.330 e. The number of nitrogens with two attached hydrogens (primary N) is 1. The van der Waals surface area contributed by atoms with Crippen LogP contribution >= 0.6 is 22.6 Å². The zero-order valence-electron chi connectivity index (χ0n) is 12.5. The molecule has 1 aliphatic carbocycles. The van der Waals surface area contributed by atoms with Crippen molar-refractivity contribution in [3.05, 3.63) is 27.8 Å². The maximum atomic E-state index is 12.2. The Morgan fingerprint density at radius 2 is 2.19 bits per heavy atom. The lowest BCUT2D eigenvalue weighted by Crippen LogP contribution is -2.45. The molecule has 2 unspecified atom stereocenters. The summed E-state index contributed by atoms with van der Waals surface area (Å²) >= 11 is 2.24. The molecule has 1 aromatic carbocycles. The first-order chi connectivity index (χ1) is 10.1. The van der Waals surface area contributed by atoms with Crippen LogP contribution in [0.15, 0.2) is 24.3 Å². The molecule has 1 amide bonds. The Morgan fingerprint density at radius 3 is 2.90 bits per heavy atom. The van der Waals surface area contributed by atoms with E-state index in [9.17, 15) is 4.79 Å². The number of anilines is 1. The second-order valence-corrected chi connectivity index (χ2v) is 7.07. The summed E-state index contributed by atoms with van der Waals surface area (Å²) in [5.41, 5.74) is 6.73. The summed E-state index contributed by atoms with van der Waals surface area (Å²) in [7, 11) is 2.03. The lowest BCUT2D eigenvalue weighted by atomic mass is 9.84. The van der Waals surface area contributed by atoms with Crippen LogP contribution in [-0.4, -0.2) is 37.0 Å². The van der Waals surface area contributed by atoms with Gasteiger partial charge in [0.2, 0.25) is 5.91 Å².